The van der Waals surface area contributed by atoms with E-state index in [1.54, 1.807) is 17.9 Å². The van der Waals surface area contributed by atoms with Gasteiger partial charge in [0.25, 0.3) is 10.8 Å². The molecule has 0 unspecified atom stereocenters. The quantitative estimate of drug-likeness (QED) is 0.438. The lowest BCUT2D eigenvalue weighted by Crippen LogP contribution is -2.27. The van der Waals surface area contributed by atoms with E-state index in [2.05, 4.69) is 15.0 Å². The van der Waals surface area contributed by atoms with Crippen molar-refractivity contribution in [2.24, 2.45) is 7.05 Å². The van der Waals surface area contributed by atoms with Gasteiger partial charge in [-0.3, -0.25) is 14.8 Å². The van der Waals surface area contributed by atoms with Crippen LogP contribution in [0.4, 0.5) is 0 Å². The van der Waals surface area contributed by atoms with E-state index in [9.17, 15) is 4.79 Å². The third kappa shape index (κ3) is 0.902. The van der Waals surface area contributed by atoms with Crippen molar-refractivity contribution >= 4 is 22.8 Å². The van der Waals surface area contributed by atoms with Crippen molar-refractivity contribution in [2.45, 2.75) is 0 Å². The van der Waals surface area contributed by atoms with Crippen molar-refractivity contribution < 1.29 is 4.57 Å². The minimum absolute atomic E-state index is 0.0997. The summed E-state index contributed by atoms with van der Waals surface area (Å²) >= 11 is 5.56. The fourth-order valence-corrected chi connectivity index (χ4v) is 1.21. The van der Waals surface area contributed by atoms with Crippen LogP contribution in [-0.4, -0.2) is 15.0 Å². The van der Waals surface area contributed by atoms with Gasteiger partial charge in [0.15, 0.2) is 6.33 Å². The molecular weight excluding hydrogens is 180 g/mol. The Labute approximate surface area is 72.0 Å². The average molecular weight is 186 g/mol. The molecular formula is C6H6ClN4O+. The molecule has 0 radical (unpaired) electrons. The van der Waals surface area contributed by atoms with Crippen molar-refractivity contribution in [3.8, 4) is 0 Å². The van der Waals surface area contributed by atoms with Gasteiger partial charge < -0.3 is 0 Å². The molecule has 0 saturated carbocycles. The van der Waals surface area contributed by atoms with Crippen LogP contribution < -0.4 is 10.1 Å². The summed E-state index contributed by atoms with van der Waals surface area (Å²) in [6.45, 7) is 0. The topological polar surface area (TPSA) is 65.4 Å². The summed E-state index contributed by atoms with van der Waals surface area (Å²) in [5, 5.41) is 0.0997. The Bertz CT molecular complexity index is 486. The molecule has 2 heterocycles. The summed E-state index contributed by atoms with van der Waals surface area (Å²) in [4.78, 5) is 20.3. The van der Waals surface area contributed by atoms with Gasteiger partial charge in [0.2, 0.25) is 5.52 Å². The molecule has 2 aromatic heterocycles. The number of halogens is 1. The first-order chi connectivity index (χ1) is 5.68. The highest BCUT2D eigenvalue weighted by Crippen LogP contribution is 2.00. The van der Waals surface area contributed by atoms with Crippen LogP contribution in [0.2, 0.25) is 5.28 Å². The molecule has 0 bridgehead atoms. The van der Waals surface area contributed by atoms with Crippen molar-refractivity contribution in [2.75, 3.05) is 0 Å². The SMILES string of the molecule is C[n+]1c[nH]c2c(=O)[nH]c(Cl)nc21. The minimum Gasteiger partial charge on any atom is -0.280 e. The number of imidazole rings is 1. The molecule has 12 heavy (non-hydrogen) atoms. The fraction of sp³-hybridized carbons (Fsp3) is 0.167. The second-order valence-electron chi connectivity index (χ2n) is 2.44. The van der Waals surface area contributed by atoms with Gasteiger partial charge in [-0.2, -0.15) is 0 Å². The molecule has 2 rings (SSSR count). The average Bonchev–Trinajstić information content (AvgIpc) is 2.33. The normalized spacial score (nSPS) is 10.8. The predicted octanol–water partition coefficient (Wildman–Crippen LogP) is -0.271. The van der Waals surface area contributed by atoms with E-state index < -0.39 is 0 Å². The Morgan fingerprint density at radius 1 is 1.67 bits per heavy atom. The maximum absolute atomic E-state index is 11.2. The molecule has 5 nitrogen and oxygen atoms in total. The summed E-state index contributed by atoms with van der Waals surface area (Å²) in [5.41, 5.74) is 0.719. The lowest BCUT2D eigenvalue weighted by Gasteiger charge is -1.84. The summed E-state index contributed by atoms with van der Waals surface area (Å²) in [6.07, 6.45) is 1.64. The van der Waals surface area contributed by atoms with Crippen LogP contribution in [0.25, 0.3) is 11.2 Å². The molecule has 0 aliphatic rings. The summed E-state index contributed by atoms with van der Waals surface area (Å²) in [6, 6.07) is 0. The smallest absolute Gasteiger partial charge is 0.280 e. The van der Waals surface area contributed by atoms with Crippen LogP contribution >= 0.6 is 11.6 Å². The zero-order chi connectivity index (χ0) is 8.72. The number of H-pyrrole nitrogens is 2. The third-order valence-corrected chi connectivity index (χ3v) is 1.79. The van der Waals surface area contributed by atoms with Crippen molar-refractivity contribution in [3.05, 3.63) is 22.0 Å². The van der Waals surface area contributed by atoms with E-state index in [1.807, 2.05) is 0 Å². The molecule has 0 amide bonds. The van der Waals surface area contributed by atoms with Gasteiger partial charge in [0.05, 0.1) is 7.05 Å². The van der Waals surface area contributed by atoms with Gasteiger partial charge in [0, 0.05) is 0 Å². The van der Waals surface area contributed by atoms with E-state index in [-0.39, 0.29) is 10.8 Å². The molecule has 0 atom stereocenters. The summed E-state index contributed by atoms with van der Waals surface area (Å²) in [7, 11) is 1.78. The number of fused-ring (bicyclic) bond motifs is 1. The highest BCUT2D eigenvalue weighted by atomic mass is 35.5. The Hall–Kier alpha value is -1.36. The van der Waals surface area contributed by atoms with Crippen LogP contribution in [0.3, 0.4) is 0 Å². The van der Waals surface area contributed by atoms with Gasteiger partial charge in [0.1, 0.15) is 0 Å². The van der Waals surface area contributed by atoms with Gasteiger partial charge in [-0.05, 0) is 11.6 Å². The molecule has 2 aromatic rings. The van der Waals surface area contributed by atoms with Crippen molar-refractivity contribution in [1.29, 1.82) is 0 Å². The number of aromatic nitrogens is 4. The zero-order valence-electron chi connectivity index (χ0n) is 6.26. The lowest BCUT2D eigenvalue weighted by molar-refractivity contribution is -0.646. The van der Waals surface area contributed by atoms with Crippen LogP contribution in [0.5, 0.6) is 0 Å². The van der Waals surface area contributed by atoms with E-state index in [4.69, 9.17) is 11.6 Å². The fourth-order valence-electron chi connectivity index (χ4n) is 1.04. The maximum Gasteiger partial charge on any atom is 0.310 e. The van der Waals surface area contributed by atoms with Gasteiger partial charge in [-0.25, -0.2) is 4.57 Å². The maximum atomic E-state index is 11.2. The highest BCUT2D eigenvalue weighted by molar-refractivity contribution is 6.28. The number of hydrogen-bond acceptors (Lipinski definition) is 2. The monoisotopic (exact) mass is 185 g/mol. The predicted molar refractivity (Wildman–Crippen MR) is 42.9 cm³/mol. The number of nitrogens with zero attached hydrogens (tertiary/aromatic N) is 2. The molecule has 0 spiro atoms. The molecule has 0 aromatic carbocycles. The van der Waals surface area contributed by atoms with Crippen LogP contribution in [0, 0.1) is 0 Å². The third-order valence-electron chi connectivity index (χ3n) is 1.61. The molecule has 6 heteroatoms. The Balaban J connectivity index is 3.03. The van der Waals surface area contributed by atoms with Gasteiger partial charge >= 0.3 is 5.65 Å². The van der Waals surface area contributed by atoms with Crippen LogP contribution in [0.1, 0.15) is 0 Å². The number of aromatic amines is 2. The Morgan fingerprint density at radius 2 is 2.42 bits per heavy atom. The molecule has 62 valence electrons. The highest BCUT2D eigenvalue weighted by Gasteiger charge is 2.13. The van der Waals surface area contributed by atoms with E-state index in [0.717, 1.165) is 0 Å². The largest absolute Gasteiger partial charge is 0.310 e. The standard InChI is InChI=1S/C6H5ClN4O/c1-11-2-8-3-4(11)9-6(7)10-5(3)12/h2H,1H3,(H,9,10,12)/p+1. The first-order valence-corrected chi connectivity index (χ1v) is 3.69. The van der Waals surface area contributed by atoms with Crippen molar-refractivity contribution in [1.82, 2.24) is 15.0 Å². The van der Waals surface area contributed by atoms with Gasteiger partial charge in [-0.15, -0.1) is 0 Å². The number of rotatable bonds is 0. The second kappa shape index (κ2) is 2.31. The molecule has 2 N–H and O–H groups in total. The Kier molecular flexibility index (Phi) is 1.41. The van der Waals surface area contributed by atoms with E-state index in [0.29, 0.717) is 11.2 Å². The van der Waals surface area contributed by atoms with Crippen LogP contribution in [-0.2, 0) is 7.05 Å². The number of hydrogen-bond donors (Lipinski definition) is 2. The second-order valence-corrected chi connectivity index (χ2v) is 2.80. The Morgan fingerprint density at radius 3 is 3.17 bits per heavy atom. The molecule has 0 fully saturated rings. The number of aryl methyl sites for hydroxylation is 1. The van der Waals surface area contributed by atoms with Crippen LogP contribution in [0.15, 0.2) is 11.1 Å². The molecule has 0 saturated heterocycles. The van der Waals surface area contributed by atoms with E-state index in [1.165, 1.54) is 0 Å². The zero-order valence-corrected chi connectivity index (χ0v) is 7.01. The van der Waals surface area contributed by atoms with Gasteiger partial charge in [-0.1, -0.05) is 4.98 Å². The molecule has 0 aliphatic heterocycles. The number of nitrogens with one attached hydrogen (secondary N) is 2. The van der Waals surface area contributed by atoms with Crippen molar-refractivity contribution in [3.63, 3.8) is 0 Å². The molecule has 0 aliphatic carbocycles. The first kappa shape index (κ1) is 7.30. The first-order valence-electron chi connectivity index (χ1n) is 3.31. The summed E-state index contributed by atoms with van der Waals surface area (Å²) in [5.74, 6) is 0. The van der Waals surface area contributed by atoms with E-state index >= 15 is 0 Å². The summed E-state index contributed by atoms with van der Waals surface area (Å²) < 4.78 is 1.69. The minimum atomic E-state index is -0.259. The lowest BCUT2D eigenvalue weighted by atomic mass is 10.5.